The zero-order valence-electron chi connectivity index (χ0n) is 22.0. The minimum absolute atomic E-state index is 0.133. The highest BCUT2D eigenvalue weighted by atomic mass is 16.3. The number of carbonyl (C=O) groups is 1. The molecule has 5 heteroatoms. The quantitative estimate of drug-likeness (QED) is 0.343. The lowest BCUT2D eigenvalue weighted by atomic mass is 9.72. The van der Waals surface area contributed by atoms with E-state index in [0.717, 1.165) is 43.8 Å². The molecule has 1 amide bonds. The van der Waals surface area contributed by atoms with Gasteiger partial charge in [0.05, 0.1) is 12.6 Å². The van der Waals surface area contributed by atoms with Crippen LogP contribution >= 0.6 is 0 Å². The summed E-state index contributed by atoms with van der Waals surface area (Å²) in [5.74, 6) is 0.903. The molecule has 0 aliphatic heterocycles. The lowest BCUT2D eigenvalue weighted by molar-refractivity contribution is 0.0897. The van der Waals surface area contributed by atoms with Gasteiger partial charge in [-0.25, -0.2) is 0 Å². The van der Waals surface area contributed by atoms with Crippen LogP contribution in [0.4, 0.5) is 0 Å². The summed E-state index contributed by atoms with van der Waals surface area (Å²) in [7, 11) is 0. The van der Waals surface area contributed by atoms with Crippen molar-refractivity contribution in [2.45, 2.75) is 83.7 Å². The first-order valence-corrected chi connectivity index (χ1v) is 13.3. The maximum Gasteiger partial charge on any atom is 0.251 e. The molecule has 0 heterocycles. The summed E-state index contributed by atoms with van der Waals surface area (Å²) in [5.41, 5.74) is 2.58. The predicted molar refractivity (Wildman–Crippen MR) is 143 cm³/mol. The number of carbonyl (C=O) groups excluding carboxylic acids is 1. The topological polar surface area (TPSA) is 72.8 Å². The molecule has 3 unspecified atom stereocenters. The Morgan fingerprint density at radius 3 is 2.49 bits per heavy atom. The van der Waals surface area contributed by atoms with E-state index in [4.69, 9.17) is 0 Å². The van der Waals surface area contributed by atoms with Gasteiger partial charge in [-0.3, -0.25) is 4.79 Å². The molecule has 3 rings (SSSR count). The fourth-order valence-corrected chi connectivity index (χ4v) is 5.12. The van der Waals surface area contributed by atoms with Gasteiger partial charge in [-0.05, 0) is 98.7 Å². The maximum absolute atomic E-state index is 12.9. The van der Waals surface area contributed by atoms with Crippen molar-refractivity contribution in [3.05, 3.63) is 65.2 Å². The molecule has 1 saturated carbocycles. The number of phenolic OH excluding ortho intramolecular Hbond substituents is 1. The van der Waals surface area contributed by atoms with Gasteiger partial charge >= 0.3 is 0 Å². The van der Waals surface area contributed by atoms with E-state index in [2.05, 4.69) is 37.9 Å². The summed E-state index contributed by atoms with van der Waals surface area (Å²) in [6.07, 6.45) is 6.11. The second-order valence-electron chi connectivity index (χ2n) is 10.6. The zero-order valence-corrected chi connectivity index (χ0v) is 22.0. The molecule has 0 aromatic heterocycles. The van der Waals surface area contributed by atoms with Gasteiger partial charge in [-0.2, -0.15) is 0 Å². The number of amides is 1. The number of nitrogens with zero attached hydrogens (tertiary/aromatic N) is 1. The standard InChI is InChI=1S/C30H44N2O3/c1-5-22(3)32(20-23-12-13-23)17-16-30(4,28-18-27(34)15-14-24(28)6-2)19-26(21-33)31-29(35)25-10-8-7-9-11-25/h7-11,14-15,18,22-23,26,33-34H,5-6,12-13,16-17,19-21H2,1-4H3,(H,31,35). The van der Waals surface area contributed by atoms with Crippen molar-refractivity contribution in [2.24, 2.45) is 5.92 Å². The van der Waals surface area contributed by atoms with E-state index < -0.39 is 0 Å². The predicted octanol–water partition coefficient (Wildman–Crippen LogP) is 5.29. The number of aliphatic hydroxyl groups is 1. The van der Waals surface area contributed by atoms with Gasteiger partial charge in [0.2, 0.25) is 0 Å². The van der Waals surface area contributed by atoms with Crippen molar-refractivity contribution in [3.63, 3.8) is 0 Å². The average molecular weight is 481 g/mol. The normalized spacial score (nSPS) is 17.1. The van der Waals surface area contributed by atoms with Gasteiger partial charge in [0, 0.05) is 18.2 Å². The van der Waals surface area contributed by atoms with Crippen LogP contribution in [0, 0.1) is 5.92 Å². The monoisotopic (exact) mass is 480 g/mol. The SMILES string of the molecule is CCc1ccc(O)cc1C(C)(CCN(CC1CC1)C(C)CC)CC(CO)NC(=O)c1ccccc1. The molecule has 0 radical (unpaired) electrons. The largest absolute Gasteiger partial charge is 0.508 e. The Labute approximate surface area is 211 Å². The molecule has 1 aliphatic rings. The van der Waals surface area contributed by atoms with Gasteiger partial charge in [-0.15, -0.1) is 0 Å². The van der Waals surface area contributed by atoms with Crippen molar-refractivity contribution in [2.75, 3.05) is 19.7 Å². The molecule has 0 spiro atoms. The Kier molecular flexibility index (Phi) is 9.76. The molecule has 2 aromatic rings. The minimum atomic E-state index is -0.389. The van der Waals surface area contributed by atoms with Crippen LogP contribution in [0.25, 0.3) is 0 Å². The number of benzene rings is 2. The van der Waals surface area contributed by atoms with E-state index in [9.17, 15) is 15.0 Å². The first-order chi connectivity index (χ1) is 16.8. The van der Waals surface area contributed by atoms with Gasteiger partial charge in [-0.1, -0.05) is 45.0 Å². The summed E-state index contributed by atoms with van der Waals surface area (Å²) in [5, 5.41) is 23.7. The van der Waals surface area contributed by atoms with E-state index in [-0.39, 0.29) is 29.7 Å². The summed E-state index contributed by atoms with van der Waals surface area (Å²) in [6, 6.07) is 14.9. The molecule has 2 aromatic carbocycles. The molecule has 0 bridgehead atoms. The number of aryl methyl sites for hydroxylation is 1. The Morgan fingerprint density at radius 1 is 1.17 bits per heavy atom. The van der Waals surface area contributed by atoms with Crippen molar-refractivity contribution in [1.82, 2.24) is 10.2 Å². The number of aromatic hydroxyl groups is 1. The zero-order chi connectivity index (χ0) is 25.4. The third-order valence-corrected chi connectivity index (χ3v) is 7.77. The highest BCUT2D eigenvalue weighted by Gasteiger charge is 2.34. The summed E-state index contributed by atoms with van der Waals surface area (Å²) in [4.78, 5) is 15.5. The van der Waals surface area contributed by atoms with Crippen LogP contribution in [0.15, 0.2) is 48.5 Å². The molecule has 0 saturated heterocycles. The van der Waals surface area contributed by atoms with Crippen molar-refractivity contribution < 1.29 is 15.0 Å². The highest BCUT2D eigenvalue weighted by molar-refractivity contribution is 5.94. The van der Waals surface area contributed by atoms with E-state index >= 15 is 0 Å². The fraction of sp³-hybridized carbons (Fsp3) is 0.567. The van der Waals surface area contributed by atoms with E-state index in [1.807, 2.05) is 30.3 Å². The van der Waals surface area contributed by atoms with Crippen LogP contribution in [-0.4, -0.2) is 52.8 Å². The molecule has 1 aliphatic carbocycles. The lowest BCUT2D eigenvalue weighted by Gasteiger charge is -2.38. The summed E-state index contributed by atoms with van der Waals surface area (Å²) < 4.78 is 0. The van der Waals surface area contributed by atoms with E-state index in [0.29, 0.717) is 18.0 Å². The lowest BCUT2D eigenvalue weighted by Crippen LogP contribution is -2.44. The average Bonchev–Trinajstić information content (AvgIpc) is 3.70. The van der Waals surface area contributed by atoms with Crippen LogP contribution in [0.1, 0.15) is 81.3 Å². The van der Waals surface area contributed by atoms with E-state index in [1.54, 1.807) is 18.2 Å². The smallest absolute Gasteiger partial charge is 0.251 e. The Bertz CT molecular complexity index is 944. The number of hydrogen-bond donors (Lipinski definition) is 3. The fourth-order valence-electron chi connectivity index (χ4n) is 5.12. The Hall–Kier alpha value is -2.37. The third-order valence-electron chi connectivity index (χ3n) is 7.77. The van der Waals surface area contributed by atoms with Crippen molar-refractivity contribution >= 4 is 5.91 Å². The van der Waals surface area contributed by atoms with Gasteiger partial charge < -0.3 is 20.4 Å². The molecule has 3 atom stereocenters. The molecule has 3 N–H and O–H groups in total. The second kappa shape index (κ2) is 12.5. The number of nitrogens with one attached hydrogen (secondary N) is 1. The van der Waals surface area contributed by atoms with E-state index in [1.165, 1.54) is 18.4 Å². The molecule has 192 valence electrons. The molecule has 5 nitrogen and oxygen atoms in total. The summed E-state index contributed by atoms with van der Waals surface area (Å²) >= 11 is 0. The third kappa shape index (κ3) is 7.55. The number of hydrogen-bond acceptors (Lipinski definition) is 4. The molecule has 1 fully saturated rings. The Morgan fingerprint density at radius 2 is 1.89 bits per heavy atom. The van der Waals surface area contributed by atoms with Crippen molar-refractivity contribution in [1.29, 1.82) is 0 Å². The first-order valence-electron chi connectivity index (χ1n) is 13.3. The van der Waals surface area contributed by atoms with Gasteiger partial charge in [0.1, 0.15) is 5.75 Å². The van der Waals surface area contributed by atoms with Crippen LogP contribution in [0.2, 0.25) is 0 Å². The number of phenols is 1. The molecule has 35 heavy (non-hydrogen) atoms. The van der Waals surface area contributed by atoms with Crippen LogP contribution in [-0.2, 0) is 11.8 Å². The van der Waals surface area contributed by atoms with Crippen LogP contribution < -0.4 is 5.32 Å². The molecular weight excluding hydrogens is 436 g/mol. The van der Waals surface area contributed by atoms with Gasteiger partial charge in [0.15, 0.2) is 0 Å². The van der Waals surface area contributed by atoms with Crippen molar-refractivity contribution in [3.8, 4) is 5.75 Å². The molecular formula is C30H44N2O3. The summed E-state index contributed by atoms with van der Waals surface area (Å²) in [6.45, 7) is 10.9. The minimum Gasteiger partial charge on any atom is -0.508 e. The highest BCUT2D eigenvalue weighted by Crippen LogP contribution is 2.38. The van der Waals surface area contributed by atoms with Gasteiger partial charge in [0.25, 0.3) is 5.91 Å². The first kappa shape index (κ1) is 27.2. The van der Waals surface area contributed by atoms with Crippen LogP contribution in [0.5, 0.6) is 5.75 Å². The Balaban J connectivity index is 1.86. The number of aliphatic hydroxyl groups excluding tert-OH is 1. The number of rotatable bonds is 14. The second-order valence-corrected chi connectivity index (χ2v) is 10.6. The van der Waals surface area contributed by atoms with Crippen LogP contribution in [0.3, 0.4) is 0 Å². The maximum atomic E-state index is 12.9.